The van der Waals surface area contributed by atoms with Gasteiger partial charge in [0.2, 0.25) is 0 Å². The highest BCUT2D eigenvalue weighted by Gasteiger charge is 2.35. The van der Waals surface area contributed by atoms with Crippen molar-refractivity contribution >= 4 is 5.78 Å². The summed E-state index contributed by atoms with van der Waals surface area (Å²) in [6.07, 6.45) is 1.33. The Labute approximate surface area is 132 Å². The molecule has 1 aliphatic rings. The summed E-state index contributed by atoms with van der Waals surface area (Å²) in [6.45, 7) is 5.83. The summed E-state index contributed by atoms with van der Waals surface area (Å²) in [5.41, 5.74) is 0.774. The molecule has 0 bridgehead atoms. The Balaban J connectivity index is 1.88. The van der Waals surface area contributed by atoms with Crippen LogP contribution in [0.2, 0.25) is 0 Å². The lowest BCUT2D eigenvalue weighted by Gasteiger charge is -2.40. The van der Waals surface area contributed by atoms with Crippen LogP contribution in [0.4, 0.5) is 0 Å². The van der Waals surface area contributed by atoms with Crippen LogP contribution in [0, 0.1) is 0 Å². The maximum absolute atomic E-state index is 12.2. The first-order chi connectivity index (χ1) is 10.4. The van der Waals surface area contributed by atoms with E-state index in [1.54, 1.807) is 0 Å². The summed E-state index contributed by atoms with van der Waals surface area (Å²) in [4.78, 5) is 12.2. The Kier molecular flexibility index (Phi) is 5.73. The molecular formula is C18H26O4. The molecule has 22 heavy (non-hydrogen) atoms. The molecular weight excluding hydrogens is 280 g/mol. The lowest BCUT2D eigenvalue weighted by atomic mass is 9.97. The molecule has 1 aromatic carbocycles. The average molecular weight is 306 g/mol. The highest BCUT2D eigenvalue weighted by atomic mass is 16.7. The highest BCUT2D eigenvalue weighted by Crippen LogP contribution is 2.30. The summed E-state index contributed by atoms with van der Waals surface area (Å²) in [5.74, 6) is -0.629. The number of ketones is 1. The third-order valence-corrected chi connectivity index (χ3v) is 3.94. The number of benzene rings is 1. The van der Waals surface area contributed by atoms with E-state index in [0.717, 1.165) is 18.4 Å². The fourth-order valence-corrected chi connectivity index (χ4v) is 2.94. The predicted octanol–water partition coefficient (Wildman–Crippen LogP) is 3.39. The number of carbonyl (C=O) groups excluding carboxylic acids is 1. The van der Waals surface area contributed by atoms with Gasteiger partial charge in [0, 0.05) is 19.3 Å². The van der Waals surface area contributed by atoms with Gasteiger partial charge in [-0.25, -0.2) is 0 Å². The van der Waals surface area contributed by atoms with E-state index < -0.39 is 11.9 Å². The number of aliphatic hydroxyl groups excluding tert-OH is 1. The number of hydrogen-bond acceptors (Lipinski definition) is 4. The summed E-state index contributed by atoms with van der Waals surface area (Å²) in [7, 11) is 0. The van der Waals surface area contributed by atoms with E-state index in [-0.39, 0.29) is 24.4 Å². The Morgan fingerprint density at radius 1 is 1.27 bits per heavy atom. The van der Waals surface area contributed by atoms with Crippen molar-refractivity contribution in [1.29, 1.82) is 0 Å². The van der Waals surface area contributed by atoms with Crippen molar-refractivity contribution in [1.82, 2.24) is 0 Å². The fraction of sp³-hybridized carbons (Fsp3) is 0.611. The Bertz CT molecular complexity index is 483. The molecule has 1 aromatic rings. The van der Waals surface area contributed by atoms with Crippen molar-refractivity contribution < 1.29 is 19.4 Å². The molecule has 0 aliphatic carbocycles. The van der Waals surface area contributed by atoms with Crippen LogP contribution in [0.5, 0.6) is 0 Å². The van der Waals surface area contributed by atoms with E-state index in [1.807, 2.05) is 44.2 Å². The second-order valence-electron chi connectivity index (χ2n) is 6.40. The number of aliphatic hydroxyl groups is 1. The van der Waals surface area contributed by atoms with Crippen molar-refractivity contribution in [2.24, 2.45) is 0 Å². The lowest BCUT2D eigenvalue weighted by molar-refractivity contribution is -0.299. The molecule has 1 aliphatic heterocycles. The van der Waals surface area contributed by atoms with Gasteiger partial charge in [-0.2, -0.15) is 0 Å². The third-order valence-electron chi connectivity index (χ3n) is 3.94. The number of hydrogen-bond donors (Lipinski definition) is 1. The van der Waals surface area contributed by atoms with Crippen LogP contribution in [0.3, 0.4) is 0 Å². The van der Waals surface area contributed by atoms with Crippen molar-refractivity contribution in [3.05, 3.63) is 35.9 Å². The molecule has 0 radical (unpaired) electrons. The Hall–Kier alpha value is -1.23. The molecule has 1 saturated heterocycles. The van der Waals surface area contributed by atoms with Gasteiger partial charge in [-0.3, -0.25) is 4.79 Å². The molecule has 0 spiro atoms. The van der Waals surface area contributed by atoms with Gasteiger partial charge in [-0.1, -0.05) is 37.3 Å². The van der Waals surface area contributed by atoms with Crippen molar-refractivity contribution in [3.8, 4) is 0 Å². The van der Waals surface area contributed by atoms with Gasteiger partial charge in [-0.05, 0) is 25.8 Å². The van der Waals surface area contributed by atoms with Gasteiger partial charge in [0.1, 0.15) is 5.78 Å². The van der Waals surface area contributed by atoms with E-state index in [2.05, 4.69) is 6.92 Å². The maximum atomic E-state index is 12.2. The highest BCUT2D eigenvalue weighted by molar-refractivity contribution is 5.79. The third kappa shape index (κ3) is 4.90. The first kappa shape index (κ1) is 17.1. The molecule has 1 heterocycles. The molecule has 1 fully saturated rings. The van der Waals surface area contributed by atoms with E-state index in [9.17, 15) is 9.90 Å². The van der Waals surface area contributed by atoms with Crippen LogP contribution < -0.4 is 0 Å². The molecule has 0 aromatic heterocycles. The summed E-state index contributed by atoms with van der Waals surface area (Å²) >= 11 is 0. The van der Waals surface area contributed by atoms with Crippen LogP contribution in [-0.4, -0.2) is 28.9 Å². The van der Waals surface area contributed by atoms with Gasteiger partial charge in [0.15, 0.2) is 5.79 Å². The van der Waals surface area contributed by atoms with Crippen molar-refractivity contribution in [2.75, 3.05) is 0 Å². The molecule has 4 heteroatoms. The SMILES string of the molecule is CC[C@@H]1C[C@@H](CC(=O)C[C@@H](O)c2ccccc2)OC(C)(C)O1. The summed E-state index contributed by atoms with van der Waals surface area (Å²) in [5, 5.41) is 10.1. The van der Waals surface area contributed by atoms with Crippen LogP contribution in [-0.2, 0) is 14.3 Å². The monoisotopic (exact) mass is 306 g/mol. The Morgan fingerprint density at radius 3 is 2.55 bits per heavy atom. The van der Waals surface area contributed by atoms with E-state index in [4.69, 9.17) is 9.47 Å². The van der Waals surface area contributed by atoms with Gasteiger partial charge < -0.3 is 14.6 Å². The standard InChI is InChI=1S/C18H26O4/c1-4-15-12-16(22-18(2,3)21-15)10-14(19)11-17(20)13-8-6-5-7-9-13/h5-9,15-17,20H,4,10-12H2,1-3H3/t15-,16-,17-/m1/s1. The van der Waals surface area contributed by atoms with Gasteiger partial charge in [0.25, 0.3) is 0 Å². The molecule has 3 atom stereocenters. The van der Waals surface area contributed by atoms with Crippen LogP contribution in [0.1, 0.15) is 58.1 Å². The van der Waals surface area contributed by atoms with E-state index in [0.29, 0.717) is 6.42 Å². The number of Topliss-reactive ketones (excluding diaryl/α,β-unsaturated/α-hetero) is 1. The largest absolute Gasteiger partial charge is 0.388 e. The number of rotatable bonds is 6. The first-order valence-corrected chi connectivity index (χ1v) is 8.00. The second-order valence-corrected chi connectivity index (χ2v) is 6.40. The molecule has 4 nitrogen and oxygen atoms in total. The second kappa shape index (κ2) is 7.36. The first-order valence-electron chi connectivity index (χ1n) is 8.00. The smallest absolute Gasteiger partial charge is 0.163 e. The quantitative estimate of drug-likeness (QED) is 0.875. The topological polar surface area (TPSA) is 55.8 Å². The zero-order valence-electron chi connectivity index (χ0n) is 13.6. The maximum Gasteiger partial charge on any atom is 0.163 e. The minimum absolute atomic E-state index is 0.0221. The van der Waals surface area contributed by atoms with E-state index >= 15 is 0 Å². The summed E-state index contributed by atoms with van der Waals surface area (Å²) in [6, 6.07) is 9.27. The van der Waals surface area contributed by atoms with Gasteiger partial charge >= 0.3 is 0 Å². The zero-order chi connectivity index (χ0) is 16.2. The molecule has 0 saturated carbocycles. The fourth-order valence-electron chi connectivity index (χ4n) is 2.94. The predicted molar refractivity (Wildman–Crippen MR) is 84.4 cm³/mol. The molecule has 0 unspecified atom stereocenters. The normalized spacial score (nSPS) is 25.6. The number of ether oxygens (including phenoxy) is 2. The Morgan fingerprint density at radius 2 is 1.91 bits per heavy atom. The molecule has 122 valence electrons. The minimum Gasteiger partial charge on any atom is -0.388 e. The summed E-state index contributed by atoms with van der Waals surface area (Å²) < 4.78 is 11.6. The molecule has 1 N–H and O–H groups in total. The molecule has 2 rings (SSSR count). The zero-order valence-corrected chi connectivity index (χ0v) is 13.6. The lowest BCUT2D eigenvalue weighted by Crippen LogP contribution is -2.45. The van der Waals surface area contributed by atoms with Crippen LogP contribution >= 0.6 is 0 Å². The molecule has 0 amide bonds. The minimum atomic E-state index is -0.747. The van der Waals surface area contributed by atoms with Crippen LogP contribution in [0.15, 0.2) is 30.3 Å². The van der Waals surface area contributed by atoms with Crippen molar-refractivity contribution in [3.63, 3.8) is 0 Å². The van der Waals surface area contributed by atoms with Gasteiger partial charge in [0.05, 0.1) is 18.3 Å². The van der Waals surface area contributed by atoms with E-state index in [1.165, 1.54) is 0 Å². The van der Waals surface area contributed by atoms with Crippen LogP contribution in [0.25, 0.3) is 0 Å². The number of carbonyl (C=O) groups is 1. The average Bonchev–Trinajstić information content (AvgIpc) is 2.46. The van der Waals surface area contributed by atoms with Crippen molar-refractivity contribution in [2.45, 2.75) is 70.6 Å². The van der Waals surface area contributed by atoms with Gasteiger partial charge in [-0.15, -0.1) is 0 Å².